The van der Waals surface area contributed by atoms with Crippen LogP contribution >= 0.6 is 0 Å². The maximum absolute atomic E-state index is 16.1. The average Bonchev–Trinajstić information content (AvgIpc) is 3.54. The molecule has 6 aromatic rings. The monoisotopic (exact) mass is 506 g/mol. The highest BCUT2D eigenvalue weighted by atomic mass is 19.1. The highest BCUT2D eigenvalue weighted by Crippen LogP contribution is 2.35. The summed E-state index contributed by atoms with van der Waals surface area (Å²) in [5.74, 6) is -0.217. The lowest BCUT2D eigenvalue weighted by atomic mass is 9.95. The van der Waals surface area contributed by atoms with Gasteiger partial charge in [0.1, 0.15) is 17.0 Å². The molecular formula is C28H23FN8O. The predicted octanol–water partition coefficient (Wildman–Crippen LogP) is 5.75. The number of nitrogens with one attached hydrogen (secondary N) is 3. The Labute approximate surface area is 216 Å². The first-order chi connectivity index (χ1) is 18.3. The first-order valence-electron chi connectivity index (χ1n) is 12.0. The van der Waals surface area contributed by atoms with Crippen molar-refractivity contribution in [3.63, 3.8) is 0 Å². The molecule has 9 nitrogen and oxygen atoms in total. The van der Waals surface area contributed by atoms with Crippen LogP contribution in [-0.2, 0) is 4.79 Å². The molecule has 0 unspecified atom stereocenters. The van der Waals surface area contributed by atoms with Gasteiger partial charge >= 0.3 is 0 Å². The van der Waals surface area contributed by atoms with Crippen molar-refractivity contribution in [2.24, 2.45) is 5.41 Å². The van der Waals surface area contributed by atoms with Gasteiger partial charge in [0.2, 0.25) is 5.91 Å². The Hall–Kier alpha value is -4.99. The Morgan fingerprint density at radius 2 is 1.74 bits per heavy atom. The van der Waals surface area contributed by atoms with Crippen LogP contribution < -0.4 is 5.32 Å². The van der Waals surface area contributed by atoms with Gasteiger partial charge in [0.05, 0.1) is 34.0 Å². The number of pyridine rings is 3. The van der Waals surface area contributed by atoms with Gasteiger partial charge in [-0.25, -0.2) is 9.37 Å². The van der Waals surface area contributed by atoms with Gasteiger partial charge in [-0.15, -0.1) is 0 Å². The van der Waals surface area contributed by atoms with Gasteiger partial charge in [0, 0.05) is 46.9 Å². The van der Waals surface area contributed by atoms with Crippen LogP contribution in [0, 0.1) is 11.2 Å². The number of carbonyl (C=O) groups is 1. The van der Waals surface area contributed by atoms with E-state index in [1.165, 1.54) is 6.20 Å². The van der Waals surface area contributed by atoms with Crippen molar-refractivity contribution in [2.75, 3.05) is 5.32 Å². The number of benzene rings is 1. The summed E-state index contributed by atoms with van der Waals surface area (Å²) < 4.78 is 16.1. The molecule has 0 aliphatic heterocycles. The second-order valence-electron chi connectivity index (χ2n) is 9.97. The van der Waals surface area contributed by atoms with Crippen molar-refractivity contribution in [3.8, 4) is 33.9 Å². The number of halogens is 1. The van der Waals surface area contributed by atoms with Crippen LogP contribution in [0.5, 0.6) is 0 Å². The molecule has 3 N–H and O–H groups in total. The van der Waals surface area contributed by atoms with Crippen LogP contribution in [0.15, 0.2) is 67.4 Å². The highest BCUT2D eigenvalue weighted by Gasteiger charge is 2.23. The molecule has 0 atom stereocenters. The molecule has 188 valence electrons. The number of H-pyrrole nitrogens is 2. The number of amides is 1. The summed E-state index contributed by atoms with van der Waals surface area (Å²) in [6.45, 7) is 5.46. The molecule has 5 aromatic heterocycles. The van der Waals surface area contributed by atoms with E-state index in [2.05, 4.69) is 35.5 Å². The first-order valence-corrected chi connectivity index (χ1v) is 12.0. The largest absolute Gasteiger partial charge is 0.336 e. The molecule has 6 rings (SSSR count). The normalized spacial score (nSPS) is 11.8. The smallest absolute Gasteiger partial charge is 0.229 e. The minimum absolute atomic E-state index is 0.157. The molecule has 0 spiro atoms. The molecule has 0 saturated heterocycles. The number of nitrogens with zero attached hydrogens (tertiary/aromatic N) is 5. The van der Waals surface area contributed by atoms with Gasteiger partial charge in [-0.2, -0.15) is 5.10 Å². The zero-order valence-electron chi connectivity index (χ0n) is 20.9. The maximum Gasteiger partial charge on any atom is 0.229 e. The number of anilines is 1. The number of rotatable bonds is 4. The van der Waals surface area contributed by atoms with Crippen LogP contribution in [0.3, 0.4) is 0 Å². The number of carbonyl (C=O) groups excluding carboxylic acids is 1. The van der Waals surface area contributed by atoms with Crippen molar-refractivity contribution in [1.82, 2.24) is 35.1 Å². The van der Waals surface area contributed by atoms with Crippen LogP contribution in [-0.4, -0.2) is 41.0 Å². The lowest BCUT2D eigenvalue weighted by Crippen LogP contribution is -2.27. The van der Waals surface area contributed by atoms with E-state index in [1.54, 1.807) is 43.0 Å². The van der Waals surface area contributed by atoms with Crippen molar-refractivity contribution in [1.29, 1.82) is 0 Å². The summed E-state index contributed by atoms with van der Waals surface area (Å²) in [7, 11) is 0. The maximum atomic E-state index is 16.1. The third-order valence-corrected chi connectivity index (χ3v) is 6.23. The minimum Gasteiger partial charge on any atom is -0.336 e. The molecule has 1 amide bonds. The Balaban J connectivity index is 1.44. The van der Waals surface area contributed by atoms with E-state index in [1.807, 2.05) is 39.0 Å². The fourth-order valence-corrected chi connectivity index (χ4v) is 4.21. The zero-order valence-corrected chi connectivity index (χ0v) is 20.9. The summed E-state index contributed by atoms with van der Waals surface area (Å²) in [4.78, 5) is 33.2. The van der Waals surface area contributed by atoms with Crippen LogP contribution in [0.4, 0.5) is 10.1 Å². The fourth-order valence-electron chi connectivity index (χ4n) is 4.21. The number of aromatic amines is 2. The first kappa shape index (κ1) is 23.4. The summed E-state index contributed by atoms with van der Waals surface area (Å²) in [5.41, 5.74) is 4.60. The number of aromatic nitrogens is 7. The van der Waals surface area contributed by atoms with Crippen molar-refractivity contribution >= 4 is 33.5 Å². The number of hydrogen-bond donors (Lipinski definition) is 3. The average molecular weight is 507 g/mol. The van der Waals surface area contributed by atoms with Crippen LogP contribution in [0.1, 0.15) is 20.8 Å². The van der Waals surface area contributed by atoms with Gasteiger partial charge in [-0.3, -0.25) is 24.8 Å². The molecule has 0 fully saturated rings. The molecular weight excluding hydrogens is 483 g/mol. The summed E-state index contributed by atoms with van der Waals surface area (Å²) in [6.07, 6.45) is 8.18. The van der Waals surface area contributed by atoms with Crippen LogP contribution in [0.25, 0.3) is 55.8 Å². The number of hydrogen-bond acceptors (Lipinski definition) is 6. The summed E-state index contributed by atoms with van der Waals surface area (Å²) in [6, 6.07) is 10.7. The summed E-state index contributed by atoms with van der Waals surface area (Å²) in [5, 5.41) is 10.4. The molecule has 0 aliphatic rings. The Morgan fingerprint density at radius 3 is 2.53 bits per heavy atom. The van der Waals surface area contributed by atoms with Gasteiger partial charge in [-0.1, -0.05) is 20.8 Å². The fraction of sp³-hybridized carbons (Fsp3) is 0.143. The number of imidazole rings is 1. The van der Waals surface area contributed by atoms with Crippen molar-refractivity contribution < 1.29 is 9.18 Å². The SMILES string of the molecule is CC(C)(C)C(=O)Nc1cncc(-c2ccc3[nH]nc(-c4nc5c(-c6ccncc6)nccc5[nH]4)c3c2F)c1. The topological polar surface area (TPSA) is 125 Å². The number of fused-ring (bicyclic) bond motifs is 2. The highest BCUT2D eigenvalue weighted by molar-refractivity contribution is 5.99. The zero-order chi connectivity index (χ0) is 26.4. The van der Waals surface area contributed by atoms with Gasteiger partial charge < -0.3 is 10.3 Å². The Morgan fingerprint density at radius 1 is 0.921 bits per heavy atom. The standard InChI is InChI=1S/C28H23FN8O/c1-28(2,3)27(38)33-17-12-16(13-31-14-17)18-4-5-19-21(22(18)29)25(37-36-19)26-34-20-8-11-32-23(24(20)35-26)15-6-9-30-10-7-15/h4-14H,1-3H3,(H,33,38)(H,34,35)(H,36,37). The predicted molar refractivity (Wildman–Crippen MR) is 143 cm³/mol. The molecule has 0 bridgehead atoms. The molecule has 5 heterocycles. The quantitative estimate of drug-likeness (QED) is 0.280. The molecule has 0 aliphatic carbocycles. The molecule has 0 saturated carbocycles. The van der Waals surface area contributed by atoms with E-state index >= 15 is 4.39 Å². The second kappa shape index (κ2) is 8.84. The van der Waals surface area contributed by atoms with E-state index in [0.29, 0.717) is 50.4 Å². The van der Waals surface area contributed by atoms with E-state index in [4.69, 9.17) is 4.98 Å². The van der Waals surface area contributed by atoms with Gasteiger partial charge in [0.15, 0.2) is 5.82 Å². The molecule has 1 aromatic carbocycles. The van der Waals surface area contributed by atoms with E-state index in [9.17, 15) is 4.79 Å². The van der Waals surface area contributed by atoms with Crippen molar-refractivity contribution in [3.05, 3.63) is 73.2 Å². The van der Waals surface area contributed by atoms with Crippen molar-refractivity contribution in [2.45, 2.75) is 20.8 Å². The van der Waals surface area contributed by atoms with Crippen LogP contribution in [0.2, 0.25) is 0 Å². The Bertz CT molecular complexity index is 1820. The molecule has 38 heavy (non-hydrogen) atoms. The molecule has 0 radical (unpaired) electrons. The Kier molecular flexibility index (Phi) is 5.45. The second-order valence-corrected chi connectivity index (χ2v) is 9.97. The minimum atomic E-state index is -0.578. The van der Waals surface area contributed by atoms with Gasteiger partial charge in [0.25, 0.3) is 0 Å². The third kappa shape index (κ3) is 4.05. The van der Waals surface area contributed by atoms with E-state index in [0.717, 1.165) is 11.1 Å². The molecule has 10 heteroatoms. The lowest BCUT2D eigenvalue weighted by Gasteiger charge is -2.17. The van der Waals surface area contributed by atoms with E-state index < -0.39 is 11.2 Å². The summed E-state index contributed by atoms with van der Waals surface area (Å²) >= 11 is 0. The lowest BCUT2D eigenvalue weighted by molar-refractivity contribution is -0.123. The van der Waals surface area contributed by atoms with E-state index in [-0.39, 0.29) is 5.91 Å². The van der Waals surface area contributed by atoms with Gasteiger partial charge in [-0.05, 0) is 36.4 Å². The third-order valence-electron chi connectivity index (χ3n) is 6.23.